The minimum absolute atomic E-state index is 0.0571. The highest BCUT2D eigenvalue weighted by atomic mass is 16.5. The lowest BCUT2D eigenvalue weighted by Gasteiger charge is -2.17. The van der Waals surface area contributed by atoms with E-state index in [0.717, 1.165) is 23.7 Å². The molecule has 2 heterocycles. The minimum atomic E-state index is -0.308. The second-order valence-electron chi connectivity index (χ2n) is 6.62. The fourth-order valence-electron chi connectivity index (χ4n) is 2.49. The molecule has 0 aliphatic carbocycles. The topological polar surface area (TPSA) is 73.0 Å². The summed E-state index contributed by atoms with van der Waals surface area (Å²) in [6, 6.07) is 1.60. The molecule has 0 bridgehead atoms. The first-order valence-electron chi connectivity index (χ1n) is 8.13. The Kier molecular flexibility index (Phi) is 5.58. The molecule has 0 unspecified atom stereocenters. The van der Waals surface area contributed by atoms with Gasteiger partial charge in [-0.15, -0.1) is 0 Å². The Bertz CT molecular complexity index is 643. The van der Waals surface area contributed by atoms with Gasteiger partial charge in [0.2, 0.25) is 5.91 Å². The lowest BCUT2D eigenvalue weighted by Crippen LogP contribution is -2.31. The minimum Gasteiger partial charge on any atom is -0.361 e. The van der Waals surface area contributed by atoms with Gasteiger partial charge >= 0.3 is 0 Å². The Morgan fingerprint density at radius 2 is 2.04 bits per heavy atom. The van der Waals surface area contributed by atoms with E-state index in [0.29, 0.717) is 12.5 Å². The van der Waals surface area contributed by atoms with Gasteiger partial charge in [0, 0.05) is 30.8 Å². The highest BCUT2D eigenvalue weighted by Crippen LogP contribution is 2.17. The van der Waals surface area contributed by atoms with Crippen LogP contribution in [0.3, 0.4) is 0 Å². The number of rotatable bonds is 7. The van der Waals surface area contributed by atoms with E-state index < -0.39 is 0 Å². The van der Waals surface area contributed by atoms with Gasteiger partial charge in [0.05, 0.1) is 6.54 Å². The summed E-state index contributed by atoms with van der Waals surface area (Å²) in [6.45, 7) is 10.6. The number of carbonyl (C=O) groups excluding carboxylic acids is 1. The fraction of sp³-hybridized carbons (Fsp3) is 0.588. The van der Waals surface area contributed by atoms with Crippen molar-refractivity contribution in [2.75, 3.05) is 0 Å². The average Bonchev–Trinajstić information content (AvgIpc) is 3.12. The molecule has 0 radical (unpaired) electrons. The number of carbonyl (C=O) groups is 1. The molecule has 126 valence electrons. The maximum Gasteiger partial charge on any atom is 0.243 e. The normalized spacial score (nSPS) is 12.8. The first-order chi connectivity index (χ1) is 10.9. The number of nitrogens with zero attached hydrogens (tertiary/aromatic N) is 3. The third-order valence-electron chi connectivity index (χ3n) is 3.67. The van der Waals surface area contributed by atoms with Crippen LogP contribution in [0.15, 0.2) is 23.0 Å². The molecule has 0 fully saturated rings. The molecule has 1 amide bonds. The second kappa shape index (κ2) is 7.44. The van der Waals surface area contributed by atoms with Crippen LogP contribution in [0.5, 0.6) is 0 Å². The van der Waals surface area contributed by atoms with E-state index in [4.69, 9.17) is 4.52 Å². The van der Waals surface area contributed by atoms with E-state index in [9.17, 15) is 4.79 Å². The lowest BCUT2D eigenvalue weighted by atomic mass is 10.1. The van der Waals surface area contributed by atoms with Crippen molar-refractivity contribution in [1.29, 1.82) is 0 Å². The van der Waals surface area contributed by atoms with E-state index in [-0.39, 0.29) is 17.9 Å². The van der Waals surface area contributed by atoms with Crippen LogP contribution >= 0.6 is 0 Å². The number of aromatic nitrogens is 3. The largest absolute Gasteiger partial charge is 0.361 e. The van der Waals surface area contributed by atoms with E-state index in [1.54, 1.807) is 6.20 Å². The van der Waals surface area contributed by atoms with Crippen molar-refractivity contribution in [2.45, 2.75) is 59.5 Å². The number of amides is 1. The summed E-state index contributed by atoms with van der Waals surface area (Å²) in [4.78, 5) is 16.7. The van der Waals surface area contributed by atoms with Crippen LogP contribution in [0.25, 0.3) is 0 Å². The zero-order valence-corrected chi connectivity index (χ0v) is 14.5. The molecule has 2 aromatic heterocycles. The monoisotopic (exact) mass is 318 g/mol. The molecule has 23 heavy (non-hydrogen) atoms. The lowest BCUT2D eigenvalue weighted by molar-refractivity contribution is -0.124. The molecule has 0 spiro atoms. The number of hydrogen-bond acceptors (Lipinski definition) is 4. The maximum atomic E-state index is 12.4. The Labute approximate surface area is 137 Å². The van der Waals surface area contributed by atoms with Gasteiger partial charge in [-0.25, -0.2) is 4.98 Å². The molecule has 6 heteroatoms. The molecule has 1 N–H and O–H groups in total. The van der Waals surface area contributed by atoms with E-state index in [2.05, 4.69) is 43.2 Å². The third kappa shape index (κ3) is 4.43. The Balaban J connectivity index is 1.94. The van der Waals surface area contributed by atoms with Crippen molar-refractivity contribution in [3.8, 4) is 0 Å². The van der Waals surface area contributed by atoms with E-state index >= 15 is 0 Å². The Morgan fingerprint density at radius 3 is 2.70 bits per heavy atom. The predicted octanol–water partition coefficient (Wildman–Crippen LogP) is 3.07. The summed E-state index contributed by atoms with van der Waals surface area (Å²) >= 11 is 0. The highest BCUT2D eigenvalue weighted by molar-refractivity contribution is 5.79. The number of imidazole rings is 1. The smallest absolute Gasteiger partial charge is 0.243 e. The molecular weight excluding hydrogens is 292 g/mol. The van der Waals surface area contributed by atoms with Gasteiger partial charge in [-0.05, 0) is 12.8 Å². The zero-order chi connectivity index (χ0) is 17.0. The molecule has 0 saturated carbocycles. The van der Waals surface area contributed by atoms with Crippen LogP contribution in [-0.4, -0.2) is 20.6 Å². The summed E-state index contributed by atoms with van der Waals surface area (Å²) in [7, 11) is 0. The van der Waals surface area contributed by atoms with Gasteiger partial charge < -0.3 is 14.4 Å². The molecule has 1 atom stereocenters. The van der Waals surface area contributed by atoms with Crippen molar-refractivity contribution in [3.05, 3.63) is 35.7 Å². The first kappa shape index (κ1) is 17.2. The SMILES string of the molecule is CC(C)Cc1cc(CNC(=O)[C@H](C)n2ccnc2C(C)C)no1. The molecule has 0 aliphatic rings. The number of nitrogens with one attached hydrogen (secondary N) is 1. The van der Waals surface area contributed by atoms with Crippen molar-refractivity contribution in [2.24, 2.45) is 5.92 Å². The summed E-state index contributed by atoms with van der Waals surface area (Å²) in [5.74, 6) is 2.50. The summed E-state index contributed by atoms with van der Waals surface area (Å²) in [5, 5.41) is 6.91. The predicted molar refractivity (Wildman–Crippen MR) is 87.9 cm³/mol. The average molecular weight is 318 g/mol. The van der Waals surface area contributed by atoms with Crippen LogP contribution in [0.4, 0.5) is 0 Å². The van der Waals surface area contributed by atoms with Crippen LogP contribution in [-0.2, 0) is 17.8 Å². The van der Waals surface area contributed by atoms with Crippen LogP contribution in [0, 0.1) is 5.92 Å². The maximum absolute atomic E-state index is 12.4. The van der Waals surface area contributed by atoms with Crippen molar-refractivity contribution in [3.63, 3.8) is 0 Å². The molecule has 2 rings (SSSR count). The third-order valence-corrected chi connectivity index (χ3v) is 3.67. The molecule has 0 saturated heterocycles. The summed E-state index contributed by atoms with van der Waals surface area (Å²) < 4.78 is 7.18. The van der Waals surface area contributed by atoms with Gasteiger partial charge in [0.1, 0.15) is 23.3 Å². The second-order valence-corrected chi connectivity index (χ2v) is 6.62. The molecule has 2 aromatic rings. The van der Waals surface area contributed by atoms with Gasteiger partial charge in [-0.3, -0.25) is 4.79 Å². The quantitative estimate of drug-likeness (QED) is 0.851. The fourth-order valence-corrected chi connectivity index (χ4v) is 2.49. The highest BCUT2D eigenvalue weighted by Gasteiger charge is 2.19. The van der Waals surface area contributed by atoms with Crippen LogP contribution < -0.4 is 5.32 Å². The molecule has 6 nitrogen and oxygen atoms in total. The van der Waals surface area contributed by atoms with Gasteiger partial charge in [-0.2, -0.15) is 0 Å². The molecular formula is C17H26N4O2. The van der Waals surface area contributed by atoms with E-state index in [1.165, 1.54) is 0 Å². The number of hydrogen-bond donors (Lipinski definition) is 1. The van der Waals surface area contributed by atoms with Gasteiger partial charge in [0.15, 0.2) is 0 Å². The van der Waals surface area contributed by atoms with E-state index in [1.807, 2.05) is 23.8 Å². The Morgan fingerprint density at radius 1 is 1.30 bits per heavy atom. The van der Waals surface area contributed by atoms with Crippen LogP contribution in [0.2, 0.25) is 0 Å². The molecule has 0 aromatic carbocycles. The molecule has 0 aliphatic heterocycles. The Hall–Kier alpha value is -2.11. The van der Waals surface area contributed by atoms with Crippen LogP contribution in [0.1, 0.15) is 63.9 Å². The first-order valence-corrected chi connectivity index (χ1v) is 8.13. The summed E-state index contributed by atoms with van der Waals surface area (Å²) in [6.07, 6.45) is 4.43. The summed E-state index contributed by atoms with van der Waals surface area (Å²) in [5.41, 5.74) is 0.746. The van der Waals surface area contributed by atoms with Crippen molar-refractivity contribution < 1.29 is 9.32 Å². The van der Waals surface area contributed by atoms with Crippen molar-refractivity contribution >= 4 is 5.91 Å². The van der Waals surface area contributed by atoms with Crippen molar-refractivity contribution in [1.82, 2.24) is 20.0 Å². The zero-order valence-electron chi connectivity index (χ0n) is 14.5. The van der Waals surface area contributed by atoms with Gasteiger partial charge in [-0.1, -0.05) is 32.9 Å². The standard InChI is InChI=1S/C17H26N4O2/c1-11(2)8-15-9-14(20-23-15)10-19-17(22)13(5)21-7-6-18-16(21)12(3)4/h6-7,9,11-13H,8,10H2,1-5H3,(H,19,22)/t13-/m0/s1. The van der Waals surface area contributed by atoms with Gasteiger partial charge in [0.25, 0.3) is 0 Å².